The Balaban J connectivity index is 1.97. The average molecular weight is 282 g/mol. The number of methoxy groups -OCH3 is 2. The maximum Gasteiger partial charge on any atom is 0.200 e. The number of nitrogens with zero attached hydrogens (tertiary/aromatic N) is 2. The second kappa shape index (κ2) is 6.16. The van der Waals surface area contributed by atoms with E-state index >= 15 is 0 Å². The molecular formula is C17H18N2O2. The first kappa shape index (κ1) is 13.9. The fourth-order valence-corrected chi connectivity index (χ4v) is 2.53. The van der Waals surface area contributed by atoms with Crippen molar-refractivity contribution in [2.75, 3.05) is 14.2 Å². The second-order valence-electron chi connectivity index (χ2n) is 4.95. The van der Waals surface area contributed by atoms with E-state index in [4.69, 9.17) is 14.5 Å². The first-order valence-corrected chi connectivity index (χ1v) is 7.00. The number of aromatic nitrogens is 1. The zero-order valence-corrected chi connectivity index (χ0v) is 12.2. The molecule has 0 N–H and O–H groups in total. The van der Waals surface area contributed by atoms with Crippen LogP contribution >= 0.6 is 0 Å². The summed E-state index contributed by atoms with van der Waals surface area (Å²) in [7, 11) is 3.21. The minimum Gasteiger partial charge on any atom is -0.350 e. The SMILES string of the molecule is COC(OC)c1ccc2c(n1)N=C(c1ccccc1)CC2. The molecule has 0 spiro atoms. The van der Waals surface area contributed by atoms with Gasteiger partial charge < -0.3 is 9.47 Å². The van der Waals surface area contributed by atoms with Crippen molar-refractivity contribution >= 4 is 11.5 Å². The van der Waals surface area contributed by atoms with Crippen molar-refractivity contribution in [3.8, 4) is 0 Å². The number of rotatable bonds is 4. The van der Waals surface area contributed by atoms with Gasteiger partial charge in [0.05, 0.1) is 11.4 Å². The van der Waals surface area contributed by atoms with E-state index in [-0.39, 0.29) is 0 Å². The first-order chi connectivity index (χ1) is 10.3. The lowest BCUT2D eigenvalue weighted by Crippen LogP contribution is -2.11. The molecule has 0 amide bonds. The Morgan fingerprint density at radius 1 is 0.952 bits per heavy atom. The normalized spacial score (nSPS) is 14.0. The van der Waals surface area contributed by atoms with E-state index in [2.05, 4.69) is 23.2 Å². The van der Waals surface area contributed by atoms with Crippen LogP contribution in [0.25, 0.3) is 0 Å². The number of aryl methyl sites for hydroxylation is 1. The van der Waals surface area contributed by atoms with Crippen molar-refractivity contribution in [1.29, 1.82) is 0 Å². The van der Waals surface area contributed by atoms with Crippen LogP contribution in [-0.4, -0.2) is 24.9 Å². The van der Waals surface area contributed by atoms with Gasteiger partial charge in [0.1, 0.15) is 0 Å². The zero-order valence-electron chi connectivity index (χ0n) is 12.2. The lowest BCUT2D eigenvalue weighted by molar-refractivity contribution is -0.108. The molecule has 2 heterocycles. The highest BCUT2D eigenvalue weighted by molar-refractivity contribution is 6.03. The van der Waals surface area contributed by atoms with Crippen LogP contribution in [0.5, 0.6) is 0 Å². The Kier molecular flexibility index (Phi) is 4.08. The summed E-state index contributed by atoms with van der Waals surface area (Å²) in [5.74, 6) is 0.775. The Bertz CT molecular complexity index is 649. The van der Waals surface area contributed by atoms with Gasteiger partial charge in [-0.25, -0.2) is 9.98 Å². The van der Waals surface area contributed by atoms with E-state index in [1.807, 2.05) is 24.3 Å². The van der Waals surface area contributed by atoms with Crippen molar-refractivity contribution in [2.45, 2.75) is 19.1 Å². The van der Waals surface area contributed by atoms with Crippen molar-refractivity contribution < 1.29 is 9.47 Å². The summed E-state index contributed by atoms with van der Waals surface area (Å²) in [6.45, 7) is 0. The van der Waals surface area contributed by atoms with Gasteiger partial charge in [-0.1, -0.05) is 36.4 Å². The summed E-state index contributed by atoms with van der Waals surface area (Å²) in [5, 5.41) is 0. The molecule has 0 saturated carbocycles. The molecule has 2 aromatic rings. The molecule has 0 unspecified atom stereocenters. The summed E-state index contributed by atoms with van der Waals surface area (Å²) in [5.41, 5.74) is 4.16. The highest BCUT2D eigenvalue weighted by atomic mass is 16.7. The van der Waals surface area contributed by atoms with Gasteiger partial charge in [0, 0.05) is 14.2 Å². The van der Waals surface area contributed by atoms with Crippen LogP contribution in [0.3, 0.4) is 0 Å². The van der Waals surface area contributed by atoms with E-state index in [0.717, 1.165) is 35.6 Å². The van der Waals surface area contributed by atoms with Crippen LogP contribution in [-0.2, 0) is 15.9 Å². The van der Waals surface area contributed by atoms with Gasteiger partial charge in [0.15, 0.2) is 5.82 Å². The lowest BCUT2D eigenvalue weighted by atomic mass is 9.99. The van der Waals surface area contributed by atoms with E-state index in [1.165, 1.54) is 5.56 Å². The Morgan fingerprint density at radius 3 is 2.43 bits per heavy atom. The molecule has 1 aromatic carbocycles. The number of fused-ring (bicyclic) bond motifs is 1. The zero-order chi connectivity index (χ0) is 14.7. The molecule has 1 aliphatic heterocycles. The van der Waals surface area contributed by atoms with E-state index in [1.54, 1.807) is 14.2 Å². The molecule has 0 fully saturated rings. The summed E-state index contributed by atoms with van der Waals surface area (Å²) in [4.78, 5) is 9.32. The molecule has 108 valence electrons. The molecule has 4 heteroatoms. The Hall–Kier alpha value is -2.04. The second-order valence-corrected chi connectivity index (χ2v) is 4.95. The standard InChI is InChI=1S/C17H18N2O2/c1-20-17(21-2)15-11-9-13-8-10-14(18-16(13)19-15)12-6-4-3-5-7-12/h3-7,9,11,17H,8,10H2,1-2H3. The Morgan fingerprint density at radius 2 is 1.71 bits per heavy atom. The van der Waals surface area contributed by atoms with E-state index in [9.17, 15) is 0 Å². The number of benzene rings is 1. The molecule has 0 aliphatic carbocycles. The number of hydrogen-bond acceptors (Lipinski definition) is 4. The van der Waals surface area contributed by atoms with E-state index in [0.29, 0.717) is 0 Å². The molecule has 0 atom stereocenters. The predicted octanol–water partition coefficient (Wildman–Crippen LogP) is 3.44. The summed E-state index contributed by atoms with van der Waals surface area (Å²) in [6, 6.07) is 14.3. The number of pyridine rings is 1. The first-order valence-electron chi connectivity index (χ1n) is 7.00. The van der Waals surface area contributed by atoms with Crippen molar-refractivity contribution in [3.63, 3.8) is 0 Å². The van der Waals surface area contributed by atoms with Crippen molar-refractivity contribution in [1.82, 2.24) is 4.98 Å². The smallest absolute Gasteiger partial charge is 0.200 e. The highest BCUT2D eigenvalue weighted by Crippen LogP contribution is 2.28. The van der Waals surface area contributed by atoms with Crippen molar-refractivity contribution in [3.05, 3.63) is 59.3 Å². The fourth-order valence-electron chi connectivity index (χ4n) is 2.53. The van der Waals surface area contributed by atoms with Crippen LogP contribution in [0.4, 0.5) is 5.82 Å². The maximum atomic E-state index is 5.25. The van der Waals surface area contributed by atoms with Crippen LogP contribution in [0, 0.1) is 0 Å². The van der Waals surface area contributed by atoms with Crippen LogP contribution < -0.4 is 0 Å². The number of ether oxygens (including phenoxy) is 2. The van der Waals surface area contributed by atoms with Crippen LogP contribution in [0.15, 0.2) is 47.5 Å². The van der Waals surface area contributed by atoms with Crippen LogP contribution in [0.1, 0.15) is 29.5 Å². The van der Waals surface area contributed by atoms with Gasteiger partial charge in [0.2, 0.25) is 6.29 Å². The molecule has 1 aromatic heterocycles. The highest BCUT2D eigenvalue weighted by Gasteiger charge is 2.18. The molecule has 4 nitrogen and oxygen atoms in total. The third-order valence-electron chi connectivity index (χ3n) is 3.63. The molecule has 0 radical (unpaired) electrons. The quantitative estimate of drug-likeness (QED) is 0.807. The molecule has 1 aliphatic rings. The summed E-state index contributed by atoms with van der Waals surface area (Å²) < 4.78 is 10.5. The summed E-state index contributed by atoms with van der Waals surface area (Å²) in [6.07, 6.45) is 1.45. The van der Waals surface area contributed by atoms with Gasteiger partial charge in [-0.2, -0.15) is 0 Å². The molecule has 0 saturated heterocycles. The molecule has 0 bridgehead atoms. The third kappa shape index (κ3) is 2.86. The predicted molar refractivity (Wildman–Crippen MR) is 82.0 cm³/mol. The van der Waals surface area contributed by atoms with Gasteiger partial charge >= 0.3 is 0 Å². The third-order valence-corrected chi connectivity index (χ3v) is 3.63. The number of aliphatic imine (C=N–C) groups is 1. The molecular weight excluding hydrogens is 264 g/mol. The van der Waals surface area contributed by atoms with Crippen molar-refractivity contribution in [2.24, 2.45) is 4.99 Å². The van der Waals surface area contributed by atoms with Gasteiger partial charge in [-0.3, -0.25) is 0 Å². The largest absolute Gasteiger partial charge is 0.350 e. The Labute approximate surface area is 124 Å². The topological polar surface area (TPSA) is 43.7 Å². The molecule has 3 rings (SSSR count). The average Bonchev–Trinajstić information content (AvgIpc) is 2.56. The summed E-state index contributed by atoms with van der Waals surface area (Å²) >= 11 is 0. The van der Waals surface area contributed by atoms with Crippen LogP contribution in [0.2, 0.25) is 0 Å². The lowest BCUT2D eigenvalue weighted by Gasteiger charge is -2.18. The van der Waals surface area contributed by atoms with Gasteiger partial charge in [0.25, 0.3) is 0 Å². The monoisotopic (exact) mass is 282 g/mol. The van der Waals surface area contributed by atoms with Gasteiger partial charge in [-0.05, 0) is 30.0 Å². The molecule has 21 heavy (non-hydrogen) atoms. The number of hydrogen-bond donors (Lipinski definition) is 0. The van der Waals surface area contributed by atoms with E-state index < -0.39 is 6.29 Å². The fraction of sp³-hybridized carbons (Fsp3) is 0.294. The minimum absolute atomic E-state index is 0.451. The maximum absolute atomic E-state index is 5.25. The van der Waals surface area contributed by atoms with Gasteiger partial charge in [-0.15, -0.1) is 0 Å². The minimum atomic E-state index is -0.451.